The van der Waals surface area contributed by atoms with Gasteiger partial charge >= 0.3 is 0 Å². The number of anilines is 1. The zero-order valence-corrected chi connectivity index (χ0v) is 11.4. The number of nitrogens with one attached hydrogen (secondary N) is 1. The second kappa shape index (κ2) is 5.00. The Kier molecular flexibility index (Phi) is 3.18. The lowest BCUT2D eigenvalue weighted by Gasteiger charge is -2.12. The van der Waals surface area contributed by atoms with Crippen molar-refractivity contribution in [1.29, 1.82) is 0 Å². The van der Waals surface area contributed by atoms with Gasteiger partial charge in [0.25, 0.3) is 0 Å². The van der Waals surface area contributed by atoms with Crippen LogP contribution in [0.4, 0.5) is 5.69 Å². The summed E-state index contributed by atoms with van der Waals surface area (Å²) in [6.45, 7) is 1.90. The van der Waals surface area contributed by atoms with Crippen LogP contribution in [0.2, 0.25) is 0 Å². The van der Waals surface area contributed by atoms with Crippen molar-refractivity contribution in [3.05, 3.63) is 59.2 Å². The van der Waals surface area contributed by atoms with Crippen LogP contribution in [0, 0.1) is 12.8 Å². The van der Waals surface area contributed by atoms with Gasteiger partial charge in [0.05, 0.1) is 5.69 Å². The molecular formula is C17H17NO2. The number of carbonyl (C=O) groups excluding carboxylic acids is 1. The Bertz CT molecular complexity index is 639. The SMILES string of the molecule is Cc1ccc(NC(=O)C2Cc3ccccc3C2)c(O)c1. The molecule has 0 bridgehead atoms. The largest absolute Gasteiger partial charge is 0.506 e. The first-order valence-corrected chi connectivity index (χ1v) is 6.81. The number of fused-ring (bicyclic) bond motifs is 1. The quantitative estimate of drug-likeness (QED) is 0.822. The molecule has 3 nitrogen and oxygen atoms in total. The van der Waals surface area contributed by atoms with Crippen LogP contribution in [-0.4, -0.2) is 11.0 Å². The molecule has 2 aromatic rings. The van der Waals surface area contributed by atoms with E-state index in [0.717, 1.165) is 18.4 Å². The minimum Gasteiger partial charge on any atom is -0.506 e. The highest BCUT2D eigenvalue weighted by molar-refractivity contribution is 5.94. The van der Waals surface area contributed by atoms with Crippen molar-refractivity contribution >= 4 is 11.6 Å². The van der Waals surface area contributed by atoms with Gasteiger partial charge in [-0.25, -0.2) is 0 Å². The van der Waals surface area contributed by atoms with E-state index in [1.165, 1.54) is 11.1 Å². The lowest BCUT2D eigenvalue weighted by atomic mass is 10.1. The van der Waals surface area contributed by atoms with Crippen LogP contribution >= 0.6 is 0 Å². The fraction of sp³-hybridized carbons (Fsp3) is 0.235. The van der Waals surface area contributed by atoms with E-state index in [0.29, 0.717) is 5.69 Å². The molecule has 20 heavy (non-hydrogen) atoms. The highest BCUT2D eigenvalue weighted by Gasteiger charge is 2.27. The van der Waals surface area contributed by atoms with Crippen molar-refractivity contribution in [2.24, 2.45) is 5.92 Å². The summed E-state index contributed by atoms with van der Waals surface area (Å²) in [6, 6.07) is 13.4. The number of carbonyl (C=O) groups is 1. The monoisotopic (exact) mass is 267 g/mol. The van der Waals surface area contributed by atoms with E-state index in [4.69, 9.17) is 0 Å². The first-order valence-electron chi connectivity index (χ1n) is 6.81. The summed E-state index contributed by atoms with van der Waals surface area (Å²) >= 11 is 0. The molecule has 3 rings (SSSR count). The average Bonchev–Trinajstić information content (AvgIpc) is 2.86. The standard InChI is InChI=1S/C17H17NO2/c1-11-6-7-15(16(19)8-11)18-17(20)14-9-12-4-2-3-5-13(12)10-14/h2-8,14,19H,9-10H2,1H3,(H,18,20). The van der Waals surface area contributed by atoms with E-state index in [9.17, 15) is 9.90 Å². The molecule has 0 spiro atoms. The fourth-order valence-corrected chi connectivity index (χ4v) is 2.73. The molecule has 0 atom stereocenters. The molecule has 102 valence electrons. The van der Waals surface area contributed by atoms with Crippen molar-refractivity contribution in [3.8, 4) is 5.75 Å². The maximum Gasteiger partial charge on any atom is 0.228 e. The average molecular weight is 267 g/mol. The van der Waals surface area contributed by atoms with Gasteiger partial charge in [-0.1, -0.05) is 30.3 Å². The van der Waals surface area contributed by atoms with Gasteiger partial charge in [0.2, 0.25) is 5.91 Å². The van der Waals surface area contributed by atoms with Crippen molar-refractivity contribution < 1.29 is 9.90 Å². The molecule has 1 amide bonds. The number of rotatable bonds is 2. The van der Waals surface area contributed by atoms with Gasteiger partial charge in [-0.2, -0.15) is 0 Å². The molecule has 1 aliphatic carbocycles. The third-order valence-electron chi connectivity index (χ3n) is 3.83. The molecule has 0 heterocycles. The molecule has 2 N–H and O–H groups in total. The Hall–Kier alpha value is -2.29. The van der Waals surface area contributed by atoms with Crippen LogP contribution in [-0.2, 0) is 17.6 Å². The zero-order valence-electron chi connectivity index (χ0n) is 11.4. The topological polar surface area (TPSA) is 49.3 Å². The molecule has 0 aromatic heterocycles. The minimum atomic E-state index is -0.0481. The second-order valence-electron chi connectivity index (χ2n) is 5.38. The number of aryl methyl sites for hydroxylation is 1. The summed E-state index contributed by atoms with van der Waals surface area (Å²) < 4.78 is 0. The van der Waals surface area contributed by atoms with E-state index >= 15 is 0 Å². The Balaban J connectivity index is 1.72. The van der Waals surface area contributed by atoms with Crippen LogP contribution in [0.15, 0.2) is 42.5 Å². The maximum absolute atomic E-state index is 12.3. The Morgan fingerprint density at radius 2 is 1.80 bits per heavy atom. The molecule has 0 saturated carbocycles. The second-order valence-corrected chi connectivity index (χ2v) is 5.38. The molecule has 2 aromatic carbocycles. The predicted molar refractivity (Wildman–Crippen MR) is 78.8 cm³/mol. The van der Waals surface area contributed by atoms with E-state index < -0.39 is 0 Å². The smallest absolute Gasteiger partial charge is 0.228 e. The first-order chi connectivity index (χ1) is 9.63. The van der Waals surface area contributed by atoms with Gasteiger partial charge < -0.3 is 10.4 Å². The lowest BCUT2D eigenvalue weighted by Crippen LogP contribution is -2.23. The molecular weight excluding hydrogens is 250 g/mol. The van der Waals surface area contributed by atoms with Crippen molar-refractivity contribution in [1.82, 2.24) is 0 Å². The summed E-state index contributed by atoms with van der Waals surface area (Å²) in [7, 11) is 0. The maximum atomic E-state index is 12.3. The third kappa shape index (κ3) is 2.39. The van der Waals surface area contributed by atoms with Crippen molar-refractivity contribution in [2.75, 3.05) is 5.32 Å². The molecule has 0 unspecified atom stereocenters. The number of hydrogen-bond donors (Lipinski definition) is 2. The summed E-state index contributed by atoms with van der Waals surface area (Å²) in [5.74, 6) is 0.0438. The Morgan fingerprint density at radius 3 is 2.40 bits per heavy atom. The van der Waals surface area contributed by atoms with Crippen LogP contribution in [0.3, 0.4) is 0 Å². The van der Waals surface area contributed by atoms with Crippen LogP contribution < -0.4 is 5.32 Å². The van der Waals surface area contributed by atoms with Gasteiger partial charge in [-0.05, 0) is 48.6 Å². The number of phenolic OH excluding ortho intramolecular Hbond substituents is 1. The van der Waals surface area contributed by atoms with Crippen LogP contribution in [0.25, 0.3) is 0 Å². The number of amides is 1. The van der Waals surface area contributed by atoms with E-state index in [-0.39, 0.29) is 17.6 Å². The molecule has 0 aliphatic heterocycles. The highest BCUT2D eigenvalue weighted by atomic mass is 16.3. The molecule has 0 saturated heterocycles. The number of hydrogen-bond acceptors (Lipinski definition) is 2. The van der Waals surface area contributed by atoms with Crippen LogP contribution in [0.5, 0.6) is 5.75 Å². The van der Waals surface area contributed by atoms with Crippen molar-refractivity contribution in [3.63, 3.8) is 0 Å². The molecule has 0 radical (unpaired) electrons. The summed E-state index contributed by atoms with van der Waals surface area (Å²) in [4.78, 5) is 12.3. The fourth-order valence-electron chi connectivity index (χ4n) is 2.73. The van der Waals surface area contributed by atoms with E-state index in [2.05, 4.69) is 17.4 Å². The Labute approximate surface area is 118 Å². The molecule has 1 aliphatic rings. The normalized spacial score (nSPS) is 14.1. The summed E-state index contributed by atoms with van der Waals surface area (Å²) in [5, 5.41) is 12.7. The number of aromatic hydroxyl groups is 1. The summed E-state index contributed by atoms with van der Waals surface area (Å²) in [6.07, 6.45) is 1.54. The zero-order chi connectivity index (χ0) is 14.1. The van der Waals surface area contributed by atoms with Gasteiger partial charge in [-0.15, -0.1) is 0 Å². The van der Waals surface area contributed by atoms with Gasteiger partial charge in [0.1, 0.15) is 5.75 Å². The number of benzene rings is 2. The first kappa shape index (κ1) is 12.7. The minimum absolute atomic E-state index is 0.0275. The number of phenols is 1. The Morgan fingerprint density at radius 1 is 1.15 bits per heavy atom. The summed E-state index contributed by atoms with van der Waals surface area (Å²) in [5.41, 5.74) is 3.95. The van der Waals surface area contributed by atoms with Crippen molar-refractivity contribution in [2.45, 2.75) is 19.8 Å². The molecule has 0 fully saturated rings. The molecule has 3 heteroatoms. The van der Waals surface area contributed by atoms with Crippen LogP contribution in [0.1, 0.15) is 16.7 Å². The van der Waals surface area contributed by atoms with E-state index in [1.807, 2.05) is 25.1 Å². The highest BCUT2D eigenvalue weighted by Crippen LogP contribution is 2.29. The van der Waals surface area contributed by atoms with Gasteiger partial charge in [0, 0.05) is 5.92 Å². The van der Waals surface area contributed by atoms with E-state index in [1.54, 1.807) is 12.1 Å². The third-order valence-corrected chi connectivity index (χ3v) is 3.83. The van der Waals surface area contributed by atoms with Gasteiger partial charge in [0.15, 0.2) is 0 Å². The lowest BCUT2D eigenvalue weighted by molar-refractivity contribution is -0.119. The predicted octanol–water partition coefficient (Wildman–Crippen LogP) is 3.05. The van der Waals surface area contributed by atoms with Gasteiger partial charge in [-0.3, -0.25) is 4.79 Å².